The summed E-state index contributed by atoms with van der Waals surface area (Å²) in [6.45, 7) is 11.0. The molecule has 107 valence electrons. The maximum Gasteiger partial charge on any atom is 0.424 e. The van der Waals surface area contributed by atoms with Gasteiger partial charge in [0, 0.05) is 5.92 Å². The van der Waals surface area contributed by atoms with Gasteiger partial charge in [-0.1, -0.05) is 46.8 Å². The Morgan fingerprint density at radius 2 is 1.85 bits per heavy atom. The van der Waals surface area contributed by atoms with Crippen LogP contribution < -0.4 is 0 Å². The first-order chi connectivity index (χ1) is 9.41. The second-order valence-electron chi connectivity index (χ2n) is 6.34. The molecule has 2 rings (SSSR count). The first-order valence-electron chi connectivity index (χ1n) is 7.20. The number of carbonyl (C=O) groups excluding carboxylic acids is 1. The van der Waals surface area contributed by atoms with E-state index in [1.807, 2.05) is 6.08 Å². The van der Waals surface area contributed by atoms with Gasteiger partial charge in [-0.15, -0.1) is 0 Å². The van der Waals surface area contributed by atoms with Crippen molar-refractivity contribution in [2.45, 2.75) is 46.5 Å². The summed E-state index contributed by atoms with van der Waals surface area (Å²) < 4.78 is 11.3. The molecule has 0 N–H and O–H groups in total. The van der Waals surface area contributed by atoms with Crippen LogP contribution in [-0.4, -0.2) is 15.8 Å². The molecule has 1 atom stereocenters. The highest BCUT2D eigenvalue weighted by Gasteiger charge is 2.19. The third-order valence-corrected chi connectivity index (χ3v) is 4.34. The van der Waals surface area contributed by atoms with E-state index in [1.165, 1.54) is 5.56 Å². The molecule has 0 saturated carbocycles. The van der Waals surface area contributed by atoms with E-state index < -0.39 is 0 Å². The Labute approximate surface area is 124 Å². The summed E-state index contributed by atoms with van der Waals surface area (Å²) in [7, 11) is 0.0647. The van der Waals surface area contributed by atoms with Crippen LogP contribution in [0.15, 0.2) is 36.1 Å². The standard InChI is InChI=1S/C17H23O2Si/c1-6-12(2)15-11-16(19-20-18-15)13-7-9-14(10-8-13)17(3,4)5/h7-12H,6H2,1-5H3. The molecule has 0 aromatic heterocycles. The van der Waals surface area contributed by atoms with E-state index in [0.717, 1.165) is 23.5 Å². The minimum absolute atomic E-state index is 0.0647. The Hall–Kier alpha value is -1.35. The fraction of sp³-hybridized carbons (Fsp3) is 0.471. The molecule has 1 aromatic carbocycles. The molecule has 1 unspecified atom stereocenters. The number of hydrogen-bond donors (Lipinski definition) is 0. The minimum atomic E-state index is 0.0647. The highest BCUT2D eigenvalue weighted by Crippen LogP contribution is 2.24. The smallest absolute Gasteiger partial charge is 0.424 e. The van der Waals surface area contributed by atoms with Crippen molar-refractivity contribution in [3.05, 3.63) is 47.2 Å². The Morgan fingerprint density at radius 3 is 2.40 bits per heavy atom. The molecular weight excluding hydrogens is 264 g/mol. The normalized spacial score (nSPS) is 16.6. The summed E-state index contributed by atoms with van der Waals surface area (Å²) in [5, 5.41) is 0. The van der Waals surface area contributed by atoms with Gasteiger partial charge in [-0.2, -0.15) is 0 Å². The van der Waals surface area contributed by atoms with Crippen LogP contribution in [0.5, 0.6) is 0 Å². The molecule has 0 spiro atoms. The van der Waals surface area contributed by atoms with Crippen molar-refractivity contribution in [3.63, 3.8) is 0 Å². The van der Waals surface area contributed by atoms with Gasteiger partial charge in [0.1, 0.15) is 0 Å². The fourth-order valence-electron chi connectivity index (χ4n) is 2.02. The summed E-state index contributed by atoms with van der Waals surface area (Å²) in [6, 6.07) is 8.63. The first kappa shape index (κ1) is 15.0. The molecule has 0 saturated heterocycles. The summed E-state index contributed by atoms with van der Waals surface area (Å²) >= 11 is 0. The molecule has 0 amide bonds. The number of rotatable bonds is 3. The molecule has 20 heavy (non-hydrogen) atoms. The summed E-state index contributed by atoms with van der Waals surface area (Å²) in [5.74, 6) is 2.40. The molecule has 2 nitrogen and oxygen atoms in total. The van der Waals surface area contributed by atoms with E-state index in [2.05, 4.69) is 58.9 Å². The zero-order valence-electron chi connectivity index (χ0n) is 13.0. The Kier molecular flexibility index (Phi) is 4.48. The number of ketones is 1. The van der Waals surface area contributed by atoms with E-state index in [0.29, 0.717) is 5.92 Å². The number of benzene rings is 1. The van der Waals surface area contributed by atoms with Gasteiger partial charge in [-0.05, 0) is 29.5 Å². The van der Waals surface area contributed by atoms with E-state index in [9.17, 15) is 0 Å². The van der Waals surface area contributed by atoms with Crippen LogP contribution in [0.25, 0.3) is 0 Å². The third-order valence-electron chi connectivity index (χ3n) is 3.72. The van der Waals surface area contributed by atoms with Gasteiger partial charge in [0.25, 0.3) is 5.78 Å². The lowest BCUT2D eigenvalue weighted by Gasteiger charge is -2.21. The molecule has 1 aliphatic rings. The lowest BCUT2D eigenvalue weighted by molar-refractivity contribution is -0.108. The average Bonchev–Trinajstić information content (AvgIpc) is 2.46. The van der Waals surface area contributed by atoms with E-state index in [-0.39, 0.29) is 15.4 Å². The Bertz CT molecular complexity index is 521. The van der Waals surface area contributed by atoms with Gasteiger partial charge in [-0.3, -0.25) is 0 Å². The predicted molar refractivity (Wildman–Crippen MR) is 83.8 cm³/mol. The van der Waals surface area contributed by atoms with Crippen LogP contribution in [-0.2, 0) is 9.84 Å². The quantitative estimate of drug-likeness (QED) is 0.603. The monoisotopic (exact) mass is 287 g/mol. The van der Waals surface area contributed by atoms with Crippen LogP contribution >= 0.6 is 0 Å². The van der Waals surface area contributed by atoms with Crippen LogP contribution in [0.2, 0.25) is 0 Å². The molecule has 0 fully saturated rings. The lowest BCUT2D eigenvalue weighted by atomic mass is 9.86. The summed E-state index contributed by atoms with van der Waals surface area (Å²) in [4.78, 5) is 0. The molecule has 3 heteroatoms. The summed E-state index contributed by atoms with van der Waals surface area (Å²) in [6.07, 6.45) is 3.11. The van der Waals surface area contributed by atoms with Crippen LogP contribution in [0, 0.1) is 5.92 Å². The van der Waals surface area contributed by atoms with Crippen molar-refractivity contribution >= 4 is 15.8 Å². The largest absolute Gasteiger partial charge is 0.633 e. The number of hydrogen-bond acceptors (Lipinski definition) is 1. The zero-order chi connectivity index (χ0) is 14.8. The van der Waals surface area contributed by atoms with Gasteiger partial charge >= 0.3 is 10.0 Å². The van der Waals surface area contributed by atoms with E-state index in [4.69, 9.17) is 8.54 Å². The molecular formula is C17H23O2Si. The maximum atomic E-state index is 5.66. The van der Waals surface area contributed by atoms with Crippen molar-refractivity contribution < 1.29 is 8.54 Å². The van der Waals surface area contributed by atoms with Gasteiger partial charge in [0.05, 0.1) is 17.4 Å². The molecule has 0 bridgehead atoms. The molecule has 1 aromatic rings. The predicted octanol–water partition coefficient (Wildman–Crippen LogP) is 4.20. The lowest BCUT2D eigenvalue weighted by Crippen LogP contribution is -2.16. The van der Waals surface area contributed by atoms with E-state index >= 15 is 0 Å². The SMILES string of the molecule is CCC(C)C1=CC(c2ccc(C(C)(C)C)cc2)=[O+][Si-]O1. The van der Waals surface area contributed by atoms with Gasteiger partial charge < -0.3 is 8.54 Å². The summed E-state index contributed by atoms with van der Waals surface area (Å²) in [5.41, 5.74) is 2.64. The minimum Gasteiger partial charge on any atom is -0.633 e. The molecule has 1 heterocycles. The van der Waals surface area contributed by atoms with Crippen LogP contribution in [0.4, 0.5) is 0 Å². The van der Waals surface area contributed by atoms with Crippen molar-refractivity contribution in [2.24, 2.45) is 5.92 Å². The second-order valence-corrected chi connectivity index (χ2v) is 6.91. The van der Waals surface area contributed by atoms with Crippen molar-refractivity contribution in [1.29, 1.82) is 0 Å². The Balaban J connectivity index is 2.24. The fourth-order valence-corrected chi connectivity index (χ4v) is 2.69. The van der Waals surface area contributed by atoms with Gasteiger partial charge in [0.15, 0.2) is 0 Å². The van der Waals surface area contributed by atoms with Gasteiger partial charge in [0.2, 0.25) is 0 Å². The van der Waals surface area contributed by atoms with Crippen molar-refractivity contribution in [3.8, 4) is 0 Å². The van der Waals surface area contributed by atoms with Crippen molar-refractivity contribution in [1.82, 2.24) is 0 Å². The second kappa shape index (κ2) is 5.96. The molecule has 1 radical (unpaired) electrons. The highest BCUT2D eigenvalue weighted by molar-refractivity contribution is 6.22. The van der Waals surface area contributed by atoms with Crippen molar-refractivity contribution in [2.75, 3.05) is 0 Å². The van der Waals surface area contributed by atoms with Crippen LogP contribution in [0.1, 0.15) is 56.3 Å². The zero-order valence-corrected chi connectivity index (χ0v) is 14.0. The molecule has 0 aliphatic carbocycles. The highest BCUT2D eigenvalue weighted by atomic mass is 28.2. The van der Waals surface area contributed by atoms with E-state index in [1.54, 1.807) is 0 Å². The average molecular weight is 287 g/mol. The maximum absolute atomic E-state index is 5.66. The first-order valence-corrected chi connectivity index (χ1v) is 8.01. The third kappa shape index (κ3) is 3.40. The topological polar surface area (TPSA) is 20.5 Å². The molecule has 1 aliphatic heterocycles. The Morgan fingerprint density at radius 1 is 1.20 bits per heavy atom. The van der Waals surface area contributed by atoms with Gasteiger partial charge in [-0.25, -0.2) is 0 Å². The van der Waals surface area contributed by atoms with Crippen LogP contribution in [0.3, 0.4) is 0 Å². The number of allylic oxidation sites excluding steroid dienone is 2.